The number of aromatic nitrogens is 3. The molecule has 2 aromatic rings. The summed E-state index contributed by atoms with van der Waals surface area (Å²) >= 11 is 6.20. The molecule has 3 rings (SSSR count). The Morgan fingerprint density at radius 3 is 2.61 bits per heavy atom. The summed E-state index contributed by atoms with van der Waals surface area (Å²) in [5.74, 6) is 0.321. The Kier molecular flexibility index (Phi) is 3.72. The highest BCUT2D eigenvalue weighted by atomic mass is 35.5. The second-order valence-corrected chi connectivity index (χ2v) is 7.01. The number of aromatic carboxylic acids is 1. The quantitative estimate of drug-likeness (QED) is 0.910. The molecule has 3 heterocycles. The van der Waals surface area contributed by atoms with E-state index in [9.17, 15) is 4.79 Å². The van der Waals surface area contributed by atoms with Crippen LogP contribution < -0.4 is 4.90 Å². The lowest BCUT2D eigenvalue weighted by atomic mass is 9.95. The van der Waals surface area contributed by atoms with Crippen molar-refractivity contribution >= 4 is 23.4 Å². The first-order valence-electron chi connectivity index (χ1n) is 7.25. The van der Waals surface area contributed by atoms with Crippen molar-refractivity contribution in [3.05, 3.63) is 46.1 Å². The number of carbonyl (C=O) groups is 1. The minimum absolute atomic E-state index is 0.0743. The Morgan fingerprint density at radius 2 is 2.00 bits per heavy atom. The van der Waals surface area contributed by atoms with Gasteiger partial charge in [-0.05, 0) is 6.07 Å². The van der Waals surface area contributed by atoms with Crippen LogP contribution in [0.2, 0.25) is 5.02 Å². The molecule has 0 bridgehead atoms. The fourth-order valence-corrected chi connectivity index (χ4v) is 2.73. The van der Waals surface area contributed by atoms with Crippen molar-refractivity contribution in [2.24, 2.45) is 0 Å². The van der Waals surface area contributed by atoms with E-state index in [1.165, 1.54) is 12.3 Å². The van der Waals surface area contributed by atoms with Gasteiger partial charge < -0.3 is 10.0 Å². The lowest BCUT2D eigenvalue weighted by Crippen LogP contribution is -2.18. The van der Waals surface area contributed by atoms with Crippen molar-refractivity contribution in [3.8, 4) is 0 Å². The van der Waals surface area contributed by atoms with Gasteiger partial charge in [-0.3, -0.25) is 0 Å². The van der Waals surface area contributed by atoms with Gasteiger partial charge in [0.15, 0.2) is 0 Å². The van der Waals surface area contributed by atoms with Crippen LogP contribution in [0, 0.1) is 0 Å². The average molecular weight is 333 g/mol. The molecule has 0 spiro atoms. The average Bonchev–Trinajstić information content (AvgIpc) is 2.88. The van der Waals surface area contributed by atoms with Gasteiger partial charge in [-0.15, -0.1) is 0 Å². The Labute approximate surface area is 139 Å². The van der Waals surface area contributed by atoms with Gasteiger partial charge in [0.25, 0.3) is 0 Å². The van der Waals surface area contributed by atoms with Crippen LogP contribution in [0.25, 0.3) is 0 Å². The van der Waals surface area contributed by atoms with Gasteiger partial charge in [0.05, 0.1) is 22.8 Å². The molecule has 0 aromatic carbocycles. The van der Waals surface area contributed by atoms with Crippen LogP contribution in [0.15, 0.2) is 18.5 Å². The molecule has 0 amide bonds. The molecular weight excluding hydrogens is 316 g/mol. The first-order chi connectivity index (χ1) is 10.8. The molecule has 0 fully saturated rings. The number of rotatable bonds is 2. The Bertz CT molecular complexity index is 786. The number of pyridine rings is 1. The number of hydrogen-bond donors (Lipinski definition) is 1. The summed E-state index contributed by atoms with van der Waals surface area (Å²) in [6.45, 7) is 7.42. The van der Waals surface area contributed by atoms with Gasteiger partial charge in [-0.2, -0.15) is 0 Å². The zero-order valence-electron chi connectivity index (χ0n) is 13.2. The zero-order chi connectivity index (χ0) is 16.8. The smallest absolute Gasteiger partial charge is 0.337 e. The van der Waals surface area contributed by atoms with E-state index in [4.69, 9.17) is 16.7 Å². The molecule has 120 valence electrons. The van der Waals surface area contributed by atoms with Crippen molar-refractivity contribution in [1.82, 2.24) is 15.0 Å². The molecule has 23 heavy (non-hydrogen) atoms. The zero-order valence-corrected chi connectivity index (χ0v) is 13.9. The molecule has 0 saturated heterocycles. The molecule has 1 N–H and O–H groups in total. The van der Waals surface area contributed by atoms with Gasteiger partial charge in [0.1, 0.15) is 11.6 Å². The molecule has 1 aliphatic rings. The molecule has 0 unspecified atom stereocenters. The molecule has 2 aromatic heterocycles. The van der Waals surface area contributed by atoms with E-state index in [0.717, 1.165) is 17.1 Å². The van der Waals surface area contributed by atoms with Crippen LogP contribution in [0.1, 0.15) is 48.2 Å². The van der Waals surface area contributed by atoms with Gasteiger partial charge in [0, 0.05) is 29.9 Å². The number of halogens is 1. The molecule has 0 atom stereocenters. The summed E-state index contributed by atoms with van der Waals surface area (Å²) in [7, 11) is 0. The SMILES string of the molecule is CC(C)(C)c1ncc2c(n1)CN(c1ncc(C(=O)O)cc1Cl)C2. The third-order valence-corrected chi connectivity index (χ3v) is 3.97. The van der Waals surface area contributed by atoms with E-state index in [2.05, 4.69) is 35.7 Å². The van der Waals surface area contributed by atoms with E-state index in [-0.39, 0.29) is 11.0 Å². The summed E-state index contributed by atoms with van der Waals surface area (Å²) in [5.41, 5.74) is 1.97. The van der Waals surface area contributed by atoms with Gasteiger partial charge in [-0.1, -0.05) is 32.4 Å². The van der Waals surface area contributed by atoms with Crippen LogP contribution >= 0.6 is 11.6 Å². The maximum Gasteiger partial charge on any atom is 0.337 e. The molecule has 0 radical (unpaired) electrons. The Balaban J connectivity index is 1.89. The highest BCUT2D eigenvalue weighted by molar-refractivity contribution is 6.33. The van der Waals surface area contributed by atoms with E-state index in [0.29, 0.717) is 23.9 Å². The highest BCUT2D eigenvalue weighted by Crippen LogP contribution is 2.32. The van der Waals surface area contributed by atoms with Gasteiger partial charge in [0.2, 0.25) is 0 Å². The fraction of sp³-hybridized carbons (Fsp3) is 0.375. The number of carboxylic acid groups (broad SMARTS) is 1. The molecular formula is C16H17ClN4O2. The number of fused-ring (bicyclic) bond motifs is 1. The first kappa shape index (κ1) is 15.7. The summed E-state index contributed by atoms with van der Waals surface area (Å²) < 4.78 is 0. The largest absolute Gasteiger partial charge is 0.478 e. The standard InChI is InChI=1S/C16H17ClN4O2/c1-16(2,3)15-19-6-10-7-21(8-12(10)20-15)13-11(17)4-9(5-18-13)14(22)23/h4-6H,7-8H2,1-3H3,(H,22,23). The van der Waals surface area contributed by atoms with Crippen molar-refractivity contribution < 1.29 is 9.90 Å². The van der Waals surface area contributed by atoms with Crippen LogP contribution in [0.5, 0.6) is 0 Å². The molecule has 1 aliphatic heterocycles. The minimum Gasteiger partial charge on any atom is -0.478 e. The summed E-state index contributed by atoms with van der Waals surface area (Å²) in [4.78, 5) is 26.2. The van der Waals surface area contributed by atoms with E-state index in [1.807, 2.05) is 11.1 Å². The van der Waals surface area contributed by atoms with Crippen molar-refractivity contribution in [2.45, 2.75) is 39.3 Å². The monoisotopic (exact) mass is 332 g/mol. The van der Waals surface area contributed by atoms with Crippen LogP contribution in [0.3, 0.4) is 0 Å². The molecule has 7 heteroatoms. The van der Waals surface area contributed by atoms with E-state index < -0.39 is 5.97 Å². The fourth-order valence-electron chi connectivity index (χ4n) is 2.44. The molecule has 0 saturated carbocycles. The second-order valence-electron chi connectivity index (χ2n) is 6.61. The van der Waals surface area contributed by atoms with Gasteiger partial charge in [-0.25, -0.2) is 19.7 Å². The lowest BCUT2D eigenvalue weighted by molar-refractivity contribution is 0.0696. The van der Waals surface area contributed by atoms with E-state index in [1.54, 1.807) is 0 Å². The normalized spacial score (nSPS) is 14.0. The van der Waals surface area contributed by atoms with Crippen molar-refractivity contribution in [3.63, 3.8) is 0 Å². The highest BCUT2D eigenvalue weighted by Gasteiger charge is 2.26. The Hall–Kier alpha value is -2.21. The van der Waals surface area contributed by atoms with Crippen LogP contribution in [0.4, 0.5) is 5.82 Å². The number of anilines is 1. The number of carboxylic acids is 1. The third-order valence-electron chi connectivity index (χ3n) is 3.70. The molecule has 0 aliphatic carbocycles. The van der Waals surface area contributed by atoms with Crippen molar-refractivity contribution in [2.75, 3.05) is 4.90 Å². The lowest BCUT2D eigenvalue weighted by Gasteiger charge is -2.17. The summed E-state index contributed by atoms with van der Waals surface area (Å²) in [6.07, 6.45) is 3.17. The minimum atomic E-state index is -1.05. The maximum absolute atomic E-state index is 11.0. The van der Waals surface area contributed by atoms with Crippen LogP contribution in [-0.2, 0) is 18.5 Å². The molecule has 6 nitrogen and oxygen atoms in total. The number of hydrogen-bond acceptors (Lipinski definition) is 5. The Morgan fingerprint density at radius 1 is 1.26 bits per heavy atom. The maximum atomic E-state index is 11.0. The van der Waals surface area contributed by atoms with Crippen LogP contribution in [-0.4, -0.2) is 26.0 Å². The third kappa shape index (κ3) is 2.99. The second kappa shape index (κ2) is 5.45. The van der Waals surface area contributed by atoms with Crippen molar-refractivity contribution in [1.29, 1.82) is 0 Å². The topological polar surface area (TPSA) is 79.2 Å². The number of nitrogens with zero attached hydrogens (tertiary/aromatic N) is 4. The predicted octanol–water partition coefficient (Wildman–Crippen LogP) is 3.04. The summed E-state index contributed by atoms with van der Waals surface area (Å²) in [5, 5.41) is 9.30. The summed E-state index contributed by atoms with van der Waals surface area (Å²) in [6, 6.07) is 1.42. The predicted molar refractivity (Wildman–Crippen MR) is 86.8 cm³/mol. The van der Waals surface area contributed by atoms with Gasteiger partial charge >= 0.3 is 5.97 Å². The first-order valence-corrected chi connectivity index (χ1v) is 7.62. The van der Waals surface area contributed by atoms with E-state index >= 15 is 0 Å².